The molecule has 15 heavy (non-hydrogen) atoms. The van der Waals surface area contributed by atoms with Crippen molar-refractivity contribution in [3.8, 4) is 0 Å². The molecule has 1 aromatic rings. The van der Waals surface area contributed by atoms with Crippen LogP contribution in [0.5, 0.6) is 0 Å². The van der Waals surface area contributed by atoms with Gasteiger partial charge in [-0.05, 0) is 11.6 Å². The third-order valence-corrected chi connectivity index (χ3v) is 1.89. The van der Waals surface area contributed by atoms with Gasteiger partial charge in [-0.3, -0.25) is 4.99 Å². The van der Waals surface area contributed by atoms with E-state index in [4.69, 9.17) is 10.2 Å². The maximum atomic E-state index is 8.74. The summed E-state index contributed by atoms with van der Waals surface area (Å²) in [5, 5.41) is 17.5. The summed E-state index contributed by atoms with van der Waals surface area (Å²) in [7, 11) is 0. The summed E-state index contributed by atoms with van der Waals surface area (Å²) in [6, 6.07) is 9.44. The number of nitrogens with zero attached hydrogens (tertiary/aromatic N) is 1. The molecule has 0 aliphatic carbocycles. The number of hydrogen-bond donors (Lipinski definition) is 2. The Morgan fingerprint density at radius 2 is 1.80 bits per heavy atom. The fourth-order valence-corrected chi connectivity index (χ4v) is 1.04. The number of aliphatic hydroxyl groups excluding tert-OH is 2. The molecule has 2 N–H and O–H groups in total. The zero-order chi connectivity index (χ0) is 10.9. The van der Waals surface area contributed by atoms with Crippen molar-refractivity contribution in [3.63, 3.8) is 0 Å². The van der Waals surface area contributed by atoms with Gasteiger partial charge in [0, 0.05) is 6.21 Å². The van der Waals surface area contributed by atoms with Crippen molar-refractivity contribution in [1.82, 2.24) is 0 Å². The lowest BCUT2D eigenvalue weighted by molar-refractivity contribution is 0.195. The normalized spacial score (nSPS) is 11.9. The van der Waals surface area contributed by atoms with Crippen LogP contribution < -0.4 is 0 Å². The van der Waals surface area contributed by atoms with E-state index < -0.39 is 6.04 Å². The lowest BCUT2D eigenvalue weighted by atomic mass is 10.2. The van der Waals surface area contributed by atoms with Gasteiger partial charge in [0.15, 0.2) is 0 Å². The minimum atomic E-state index is -0.412. The fourth-order valence-electron chi connectivity index (χ4n) is 1.04. The molecule has 0 radical (unpaired) electrons. The zero-order valence-electron chi connectivity index (χ0n) is 8.45. The maximum absolute atomic E-state index is 8.74. The Kier molecular flexibility index (Phi) is 5.37. The van der Waals surface area contributed by atoms with Crippen LogP contribution in [0.2, 0.25) is 0 Å². The highest BCUT2D eigenvalue weighted by atomic mass is 16.3. The molecular weight excluding hydrogens is 190 g/mol. The molecule has 0 amide bonds. The third kappa shape index (κ3) is 4.54. The Morgan fingerprint density at radius 3 is 2.40 bits per heavy atom. The minimum absolute atomic E-state index is 0.133. The van der Waals surface area contributed by atoms with Crippen LogP contribution in [0.15, 0.2) is 41.4 Å². The molecule has 0 spiro atoms. The first-order valence-electron chi connectivity index (χ1n) is 4.83. The van der Waals surface area contributed by atoms with Crippen molar-refractivity contribution < 1.29 is 10.2 Å². The van der Waals surface area contributed by atoms with E-state index in [1.54, 1.807) is 12.3 Å². The number of benzene rings is 1. The van der Waals surface area contributed by atoms with E-state index >= 15 is 0 Å². The van der Waals surface area contributed by atoms with Gasteiger partial charge in [0.2, 0.25) is 0 Å². The van der Waals surface area contributed by atoms with Crippen LogP contribution >= 0.6 is 0 Å². The Morgan fingerprint density at radius 1 is 1.13 bits per heavy atom. The van der Waals surface area contributed by atoms with Gasteiger partial charge < -0.3 is 10.2 Å². The van der Waals surface area contributed by atoms with Crippen LogP contribution in [0, 0.1) is 0 Å². The third-order valence-electron chi connectivity index (χ3n) is 1.89. The van der Waals surface area contributed by atoms with E-state index in [-0.39, 0.29) is 13.2 Å². The van der Waals surface area contributed by atoms with Crippen molar-refractivity contribution in [3.05, 3.63) is 42.0 Å². The summed E-state index contributed by atoms with van der Waals surface area (Å²) < 4.78 is 0. The van der Waals surface area contributed by atoms with E-state index in [9.17, 15) is 0 Å². The summed E-state index contributed by atoms with van der Waals surface area (Å²) in [4.78, 5) is 3.96. The highest BCUT2D eigenvalue weighted by Crippen LogP contribution is 1.99. The molecule has 0 aromatic heterocycles. The summed E-state index contributed by atoms with van der Waals surface area (Å²) in [6.07, 6.45) is 5.28. The molecule has 0 aliphatic rings. The summed E-state index contributed by atoms with van der Waals surface area (Å²) >= 11 is 0. The molecule has 0 aliphatic heterocycles. The van der Waals surface area contributed by atoms with Crippen molar-refractivity contribution >= 4 is 12.3 Å². The minimum Gasteiger partial charge on any atom is -0.394 e. The highest BCUT2D eigenvalue weighted by Gasteiger charge is 1.98. The SMILES string of the molecule is OCC(CO)N=C/C=C/c1ccccc1. The Labute approximate surface area is 89.4 Å². The summed E-state index contributed by atoms with van der Waals surface area (Å²) in [5.41, 5.74) is 1.09. The number of aliphatic imine (C=N–C) groups is 1. The lowest BCUT2D eigenvalue weighted by Crippen LogP contribution is -2.14. The second-order valence-electron chi connectivity index (χ2n) is 3.09. The summed E-state index contributed by atoms with van der Waals surface area (Å²) in [5.74, 6) is 0. The molecule has 3 nitrogen and oxygen atoms in total. The van der Waals surface area contributed by atoms with Gasteiger partial charge in [-0.25, -0.2) is 0 Å². The Bertz CT molecular complexity index is 316. The van der Waals surface area contributed by atoms with Gasteiger partial charge in [-0.15, -0.1) is 0 Å². The average Bonchev–Trinajstić information content (AvgIpc) is 2.31. The largest absolute Gasteiger partial charge is 0.394 e. The van der Waals surface area contributed by atoms with Gasteiger partial charge in [0.25, 0.3) is 0 Å². The molecule has 0 heterocycles. The lowest BCUT2D eigenvalue weighted by Gasteiger charge is -2.01. The van der Waals surface area contributed by atoms with E-state index in [2.05, 4.69) is 4.99 Å². The topological polar surface area (TPSA) is 52.8 Å². The quantitative estimate of drug-likeness (QED) is 0.708. The van der Waals surface area contributed by atoms with Crippen molar-refractivity contribution in [2.45, 2.75) is 6.04 Å². The van der Waals surface area contributed by atoms with Gasteiger partial charge in [0.1, 0.15) is 0 Å². The van der Waals surface area contributed by atoms with E-state index in [0.29, 0.717) is 0 Å². The molecule has 1 aromatic carbocycles. The number of hydrogen-bond acceptors (Lipinski definition) is 3. The van der Waals surface area contributed by atoms with Gasteiger partial charge in [-0.2, -0.15) is 0 Å². The molecular formula is C12H15NO2. The van der Waals surface area contributed by atoms with Crippen molar-refractivity contribution in [1.29, 1.82) is 0 Å². The van der Waals surface area contributed by atoms with E-state index in [1.165, 1.54) is 0 Å². The van der Waals surface area contributed by atoms with Crippen molar-refractivity contribution in [2.24, 2.45) is 4.99 Å². The molecule has 1 rings (SSSR count). The maximum Gasteiger partial charge on any atom is 0.0960 e. The standard InChI is InChI=1S/C12H15NO2/c14-9-12(10-15)13-8-4-7-11-5-2-1-3-6-11/h1-8,12,14-15H,9-10H2/b7-4+,13-8?. The summed E-state index contributed by atoms with van der Waals surface area (Å²) in [6.45, 7) is -0.266. The van der Waals surface area contributed by atoms with Gasteiger partial charge >= 0.3 is 0 Å². The predicted octanol–water partition coefficient (Wildman–Crippen LogP) is 1.12. The molecule has 0 bridgehead atoms. The molecule has 0 unspecified atom stereocenters. The average molecular weight is 205 g/mol. The van der Waals surface area contributed by atoms with E-state index in [1.807, 2.05) is 36.4 Å². The molecule has 0 saturated carbocycles. The van der Waals surface area contributed by atoms with Crippen LogP contribution in [0.3, 0.4) is 0 Å². The number of aliphatic hydroxyl groups is 2. The second kappa shape index (κ2) is 6.92. The molecule has 0 fully saturated rings. The molecule has 3 heteroatoms. The van der Waals surface area contributed by atoms with Crippen LogP contribution in [0.4, 0.5) is 0 Å². The Hall–Kier alpha value is -1.45. The highest BCUT2D eigenvalue weighted by molar-refractivity contribution is 5.78. The molecule has 80 valence electrons. The van der Waals surface area contributed by atoms with Gasteiger partial charge in [0.05, 0.1) is 19.3 Å². The predicted molar refractivity (Wildman–Crippen MR) is 61.9 cm³/mol. The smallest absolute Gasteiger partial charge is 0.0960 e. The van der Waals surface area contributed by atoms with Crippen LogP contribution in [0.25, 0.3) is 6.08 Å². The zero-order valence-corrected chi connectivity index (χ0v) is 8.45. The first kappa shape index (κ1) is 11.6. The van der Waals surface area contributed by atoms with Crippen LogP contribution in [-0.4, -0.2) is 35.7 Å². The first-order valence-corrected chi connectivity index (χ1v) is 4.83. The van der Waals surface area contributed by atoms with Crippen LogP contribution in [0.1, 0.15) is 5.56 Å². The monoisotopic (exact) mass is 205 g/mol. The first-order chi connectivity index (χ1) is 7.36. The molecule has 0 saturated heterocycles. The second-order valence-corrected chi connectivity index (χ2v) is 3.09. The number of rotatable bonds is 5. The molecule has 0 atom stereocenters. The Balaban J connectivity index is 2.46. The van der Waals surface area contributed by atoms with Crippen LogP contribution in [-0.2, 0) is 0 Å². The van der Waals surface area contributed by atoms with Gasteiger partial charge in [-0.1, -0.05) is 36.4 Å². The van der Waals surface area contributed by atoms with E-state index in [0.717, 1.165) is 5.56 Å². The van der Waals surface area contributed by atoms with Crippen molar-refractivity contribution in [2.75, 3.05) is 13.2 Å². The fraction of sp³-hybridized carbons (Fsp3) is 0.250. The number of allylic oxidation sites excluding steroid dienone is 1.